The molecule has 3 rings (SSSR count). The SMILES string of the molecule is CC(C)(C)c1cc(OCCc2ccc(C[C@@H]3SC(=O)NC3=O)cc2)cc(C(C)(C)C)c1O. The number of ether oxygens (including phenoxy) is 1. The summed E-state index contributed by atoms with van der Waals surface area (Å²) < 4.78 is 6.10. The van der Waals surface area contributed by atoms with Crippen molar-refractivity contribution in [2.24, 2.45) is 0 Å². The lowest BCUT2D eigenvalue weighted by atomic mass is 9.79. The summed E-state index contributed by atoms with van der Waals surface area (Å²) in [5, 5.41) is 12.6. The summed E-state index contributed by atoms with van der Waals surface area (Å²) in [6.45, 7) is 13.0. The first-order valence-corrected chi connectivity index (χ1v) is 11.8. The van der Waals surface area contributed by atoms with E-state index in [2.05, 4.69) is 46.9 Å². The van der Waals surface area contributed by atoms with Crippen molar-refractivity contribution >= 4 is 22.9 Å². The number of hydrogen-bond donors (Lipinski definition) is 2. The molecule has 1 aliphatic rings. The maximum absolute atomic E-state index is 11.7. The highest BCUT2D eigenvalue weighted by molar-refractivity contribution is 8.15. The first-order chi connectivity index (χ1) is 14.8. The summed E-state index contributed by atoms with van der Waals surface area (Å²) in [7, 11) is 0. The van der Waals surface area contributed by atoms with Gasteiger partial charge in [0, 0.05) is 17.5 Å². The van der Waals surface area contributed by atoms with Crippen LogP contribution in [0.4, 0.5) is 4.79 Å². The number of phenols is 1. The molecular formula is C26H33NO4S. The van der Waals surface area contributed by atoms with Crippen LogP contribution in [0.3, 0.4) is 0 Å². The molecule has 0 bridgehead atoms. The monoisotopic (exact) mass is 455 g/mol. The van der Waals surface area contributed by atoms with Gasteiger partial charge in [-0.25, -0.2) is 0 Å². The van der Waals surface area contributed by atoms with Crippen LogP contribution >= 0.6 is 11.8 Å². The largest absolute Gasteiger partial charge is 0.507 e. The van der Waals surface area contributed by atoms with E-state index in [-0.39, 0.29) is 27.2 Å². The van der Waals surface area contributed by atoms with E-state index in [1.54, 1.807) is 0 Å². The van der Waals surface area contributed by atoms with E-state index in [9.17, 15) is 14.7 Å². The van der Waals surface area contributed by atoms with Gasteiger partial charge in [0.1, 0.15) is 11.5 Å². The van der Waals surface area contributed by atoms with Gasteiger partial charge in [0.05, 0.1) is 11.9 Å². The zero-order chi connectivity index (χ0) is 23.7. The Hall–Kier alpha value is -2.47. The molecule has 1 saturated heterocycles. The average Bonchev–Trinajstić information content (AvgIpc) is 2.99. The molecule has 1 aliphatic heterocycles. The van der Waals surface area contributed by atoms with Crippen LogP contribution in [0, 0.1) is 0 Å². The molecule has 0 radical (unpaired) electrons. The van der Waals surface area contributed by atoms with E-state index in [0.717, 1.165) is 46.2 Å². The molecule has 6 heteroatoms. The molecule has 2 amide bonds. The normalized spacial score (nSPS) is 16.9. The summed E-state index contributed by atoms with van der Waals surface area (Å²) >= 11 is 1.05. The van der Waals surface area contributed by atoms with E-state index in [4.69, 9.17) is 4.74 Å². The summed E-state index contributed by atoms with van der Waals surface area (Å²) in [5.74, 6) is 0.905. The maximum Gasteiger partial charge on any atom is 0.286 e. The van der Waals surface area contributed by atoms with Crippen molar-refractivity contribution in [1.82, 2.24) is 5.32 Å². The Morgan fingerprint density at radius 2 is 1.47 bits per heavy atom. The smallest absolute Gasteiger partial charge is 0.286 e. The molecule has 2 aromatic rings. The number of benzene rings is 2. The molecule has 172 valence electrons. The second kappa shape index (κ2) is 9.18. The highest BCUT2D eigenvalue weighted by atomic mass is 32.2. The van der Waals surface area contributed by atoms with E-state index < -0.39 is 0 Å². The Balaban J connectivity index is 1.65. The van der Waals surface area contributed by atoms with Crippen molar-refractivity contribution in [3.8, 4) is 11.5 Å². The van der Waals surface area contributed by atoms with Gasteiger partial charge < -0.3 is 9.84 Å². The Bertz CT molecular complexity index is 965. The molecule has 2 aromatic carbocycles. The molecule has 32 heavy (non-hydrogen) atoms. The third kappa shape index (κ3) is 5.85. The standard InChI is InChI=1S/C26H33NO4S/c1-25(2,3)19-14-18(15-20(22(19)28)26(4,5)6)31-12-11-16-7-9-17(10-8-16)13-21-23(29)27-24(30)32-21/h7-10,14-15,21,28H,11-13H2,1-6H3,(H,27,29,30)/t21-/m0/s1. The van der Waals surface area contributed by atoms with Crippen molar-refractivity contribution in [3.05, 3.63) is 58.7 Å². The van der Waals surface area contributed by atoms with E-state index >= 15 is 0 Å². The third-order valence-electron chi connectivity index (χ3n) is 5.57. The van der Waals surface area contributed by atoms with Crippen LogP contribution in [-0.4, -0.2) is 28.1 Å². The fraction of sp³-hybridized carbons (Fsp3) is 0.462. The molecule has 2 N–H and O–H groups in total. The number of rotatable bonds is 6. The lowest BCUT2D eigenvalue weighted by molar-refractivity contribution is -0.118. The van der Waals surface area contributed by atoms with Crippen molar-refractivity contribution in [2.75, 3.05) is 6.61 Å². The number of amides is 2. The van der Waals surface area contributed by atoms with E-state index in [1.807, 2.05) is 36.4 Å². The number of thioether (sulfide) groups is 1. The highest BCUT2D eigenvalue weighted by Gasteiger charge is 2.31. The van der Waals surface area contributed by atoms with Gasteiger partial charge in [-0.15, -0.1) is 0 Å². The Labute approximate surface area is 194 Å². The van der Waals surface area contributed by atoms with Gasteiger partial charge in [-0.3, -0.25) is 14.9 Å². The minimum absolute atomic E-state index is 0.196. The van der Waals surface area contributed by atoms with Crippen LogP contribution in [0.25, 0.3) is 0 Å². The predicted molar refractivity (Wildman–Crippen MR) is 130 cm³/mol. The van der Waals surface area contributed by atoms with Crippen LogP contribution in [0.1, 0.15) is 63.8 Å². The quantitative estimate of drug-likeness (QED) is 0.601. The fourth-order valence-corrected chi connectivity index (χ4v) is 4.56. The van der Waals surface area contributed by atoms with Crippen LogP contribution in [0.2, 0.25) is 0 Å². The zero-order valence-corrected chi connectivity index (χ0v) is 20.6. The van der Waals surface area contributed by atoms with Crippen LogP contribution in [0.15, 0.2) is 36.4 Å². The molecule has 0 unspecified atom stereocenters. The summed E-state index contributed by atoms with van der Waals surface area (Å²) in [4.78, 5) is 23.1. The molecule has 5 nitrogen and oxygen atoms in total. The number of nitrogens with one attached hydrogen (secondary N) is 1. The number of phenolic OH excluding ortho intramolecular Hbond substituents is 1. The van der Waals surface area contributed by atoms with Crippen molar-refractivity contribution < 1.29 is 19.4 Å². The number of carbonyl (C=O) groups excluding carboxylic acids is 2. The predicted octanol–water partition coefficient (Wildman–Crippen LogP) is 5.50. The van der Waals surface area contributed by atoms with Crippen LogP contribution in [-0.2, 0) is 28.5 Å². The number of hydrogen-bond acceptors (Lipinski definition) is 5. The van der Waals surface area contributed by atoms with Gasteiger partial charge in [0.2, 0.25) is 5.91 Å². The molecule has 0 saturated carbocycles. The number of imide groups is 1. The van der Waals surface area contributed by atoms with Crippen LogP contribution < -0.4 is 10.1 Å². The summed E-state index contributed by atoms with van der Waals surface area (Å²) in [6, 6.07) is 12.0. The summed E-state index contributed by atoms with van der Waals surface area (Å²) in [6.07, 6.45) is 1.28. The molecular weight excluding hydrogens is 422 g/mol. The molecule has 1 atom stereocenters. The first-order valence-electron chi connectivity index (χ1n) is 10.9. The van der Waals surface area contributed by atoms with Crippen molar-refractivity contribution in [1.29, 1.82) is 0 Å². The van der Waals surface area contributed by atoms with Gasteiger partial charge >= 0.3 is 0 Å². The zero-order valence-electron chi connectivity index (χ0n) is 19.7. The van der Waals surface area contributed by atoms with Gasteiger partial charge in [-0.2, -0.15) is 0 Å². The lowest BCUT2D eigenvalue weighted by Crippen LogP contribution is -2.25. The Morgan fingerprint density at radius 3 is 1.94 bits per heavy atom. The molecule has 0 spiro atoms. The minimum Gasteiger partial charge on any atom is -0.507 e. The number of aromatic hydroxyl groups is 1. The van der Waals surface area contributed by atoms with E-state index in [0.29, 0.717) is 18.8 Å². The van der Waals surface area contributed by atoms with Crippen LogP contribution in [0.5, 0.6) is 11.5 Å². The molecule has 0 aromatic heterocycles. The minimum atomic E-state index is -0.347. The third-order valence-corrected chi connectivity index (χ3v) is 6.55. The molecule has 0 aliphatic carbocycles. The van der Waals surface area contributed by atoms with Gasteiger partial charge in [-0.1, -0.05) is 77.6 Å². The second-order valence-corrected chi connectivity index (χ2v) is 11.5. The lowest BCUT2D eigenvalue weighted by Gasteiger charge is -2.28. The van der Waals surface area contributed by atoms with Crippen molar-refractivity contribution in [2.45, 2.75) is 70.5 Å². The average molecular weight is 456 g/mol. The first kappa shape index (κ1) is 24.2. The van der Waals surface area contributed by atoms with Gasteiger partial charge in [0.25, 0.3) is 5.24 Å². The second-order valence-electron chi connectivity index (χ2n) is 10.4. The summed E-state index contributed by atoms with van der Waals surface area (Å²) in [5.41, 5.74) is 3.55. The molecule has 1 heterocycles. The fourth-order valence-electron chi connectivity index (χ4n) is 3.71. The van der Waals surface area contributed by atoms with Gasteiger partial charge in [-0.05, 0) is 40.5 Å². The highest BCUT2D eigenvalue weighted by Crippen LogP contribution is 2.41. The molecule has 1 fully saturated rings. The topological polar surface area (TPSA) is 75.6 Å². The number of carbonyl (C=O) groups is 2. The van der Waals surface area contributed by atoms with Gasteiger partial charge in [0.15, 0.2) is 0 Å². The maximum atomic E-state index is 11.7. The Kier molecular flexibility index (Phi) is 6.94. The van der Waals surface area contributed by atoms with Crippen molar-refractivity contribution in [3.63, 3.8) is 0 Å². The van der Waals surface area contributed by atoms with E-state index in [1.165, 1.54) is 0 Å². The Morgan fingerprint density at radius 1 is 0.938 bits per heavy atom.